The van der Waals surface area contributed by atoms with Crippen LogP contribution in [0.1, 0.15) is 38.2 Å². The lowest BCUT2D eigenvalue weighted by Crippen LogP contribution is -2.48. The first-order chi connectivity index (χ1) is 13.1. The molecule has 0 radical (unpaired) electrons. The van der Waals surface area contributed by atoms with Crippen LogP contribution in [0.2, 0.25) is 0 Å². The molecule has 1 aromatic heterocycles. The van der Waals surface area contributed by atoms with Gasteiger partial charge in [-0.2, -0.15) is 0 Å². The van der Waals surface area contributed by atoms with Gasteiger partial charge in [-0.15, -0.1) is 0 Å². The van der Waals surface area contributed by atoms with Crippen LogP contribution in [0.5, 0.6) is 0 Å². The molecule has 6 heteroatoms. The topological polar surface area (TPSA) is 63.6 Å². The minimum atomic E-state index is -0.225. The van der Waals surface area contributed by atoms with Crippen molar-refractivity contribution in [2.75, 3.05) is 19.7 Å². The summed E-state index contributed by atoms with van der Waals surface area (Å²) in [7, 11) is 1.96. The van der Waals surface area contributed by atoms with Crippen molar-refractivity contribution in [3.05, 3.63) is 46.2 Å². The number of unbranched alkanes of at least 4 members (excludes halogenated alkanes) is 1. The highest BCUT2D eigenvalue weighted by Gasteiger charge is 2.24. The van der Waals surface area contributed by atoms with Crippen molar-refractivity contribution >= 4 is 17.0 Å². The van der Waals surface area contributed by atoms with Crippen LogP contribution in [0, 0.1) is 0 Å². The van der Waals surface area contributed by atoms with Crippen LogP contribution in [0.3, 0.4) is 0 Å². The number of carbonyl (C=O) groups excluding carboxylic acids is 1. The van der Waals surface area contributed by atoms with Gasteiger partial charge >= 0.3 is 6.09 Å². The molecule has 2 heterocycles. The Kier molecular flexibility index (Phi) is 6.50. The number of likely N-dealkylation sites (tertiary alicyclic amines) is 1. The molecule has 0 unspecified atom stereocenters. The van der Waals surface area contributed by atoms with Gasteiger partial charge in [-0.1, -0.05) is 25.5 Å². The Hall–Kier alpha value is -2.34. The molecule has 0 aliphatic carbocycles. The fourth-order valence-corrected chi connectivity index (χ4v) is 3.59. The summed E-state index contributed by atoms with van der Waals surface area (Å²) in [5.41, 5.74) is 1.76. The number of pyridine rings is 1. The fraction of sp³-hybridized carbons (Fsp3) is 0.524. The number of ether oxygens (including phenoxy) is 1. The maximum atomic E-state index is 12.7. The van der Waals surface area contributed by atoms with Crippen LogP contribution in [-0.4, -0.2) is 41.3 Å². The molecule has 1 aliphatic heterocycles. The minimum Gasteiger partial charge on any atom is -0.449 e. The van der Waals surface area contributed by atoms with Gasteiger partial charge in [-0.05, 0) is 31.4 Å². The Morgan fingerprint density at radius 1 is 1.33 bits per heavy atom. The third-order valence-electron chi connectivity index (χ3n) is 5.15. The number of piperidine rings is 1. The molecule has 1 saturated heterocycles. The van der Waals surface area contributed by atoms with Gasteiger partial charge in [0.15, 0.2) is 5.43 Å². The summed E-state index contributed by atoms with van der Waals surface area (Å²) in [5.74, 6) is 0. The summed E-state index contributed by atoms with van der Waals surface area (Å²) in [4.78, 5) is 26.7. The minimum absolute atomic E-state index is 0.0721. The molecule has 2 aromatic rings. The molecule has 0 bridgehead atoms. The maximum Gasteiger partial charge on any atom is 0.409 e. The van der Waals surface area contributed by atoms with Gasteiger partial charge in [0.2, 0.25) is 0 Å². The maximum absolute atomic E-state index is 12.7. The van der Waals surface area contributed by atoms with E-state index in [2.05, 4.69) is 12.2 Å². The zero-order chi connectivity index (χ0) is 19.2. The number of hydrogen-bond donors (Lipinski definition) is 1. The smallest absolute Gasteiger partial charge is 0.409 e. The van der Waals surface area contributed by atoms with Crippen molar-refractivity contribution < 1.29 is 9.53 Å². The summed E-state index contributed by atoms with van der Waals surface area (Å²) in [6, 6.07) is 7.83. The van der Waals surface area contributed by atoms with E-state index in [9.17, 15) is 9.59 Å². The number of aromatic nitrogens is 1. The number of carbonyl (C=O) groups is 1. The number of rotatable bonds is 6. The van der Waals surface area contributed by atoms with Crippen molar-refractivity contribution in [2.24, 2.45) is 7.05 Å². The molecular weight excluding hydrogens is 342 g/mol. The van der Waals surface area contributed by atoms with Gasteiger partial charge in [0.1, 0.15) is 0 Å². The zero-order valence-electron chi connectivity index (χ0n) is 16.2. The van der Waals surface area contributed by atoms with Crippen molar-refractivity contribution in [2.45, 2.75) is 45.2 Å². The number of aryl methyl sites for hydroxylation is 1. The van der Waals surface area contributed by atoms with E-state index in [0.29, 0.717) is 19.7 Å². The first-order valence-electron chi connectivity index (χ1n) is 9.82. The van der Waals surface area contributed by atoms with E-state index < -0.39 is 0 Å². The van der Waals surface area contributed by atoms with Crippen molar-refractivity contribution in [3.8, 4) is 0 Å². The average Bonchev–Trinajstić information content (AvgIpc) is 2.70. The van der Waals surface area contributed by atoms with E-state index in [1.165, 1.54) is 0 Å². The number of nitrogens with zero attached hydrogens (tertiary/aromatic N) is 2. The molecule has 146 valence electrons. The highest BCUT2D eigenvalue weighted by Crippen LogP contribution is 2.13. The van der Waals surface area contributed by atoms with Gasteiger partial charge in [-0.25, -0.2) is 4.79 Å². The normalized spacial score (nSPS) is 17.3. The molecule has 1 N–H and O–H groups in total. The number of fused-ring (bicyclic) bond motifs is 1. The third-order valence-corrected chi connectivity index (χ3v) is 5.15. The predicted molar refractivity (Wildman–Crippen MR) is 107 cm³/mol. The van der Waals surface area contributed by atoms with Crippen molar-refractivity contribution in [3.63, 3.8) is 0 Å². The summed E-state index contributed by atoms with van der Waals surface area (Å²) in [6.07, 6.45) is 5.52. The Morgan fingerprint density at radius 2 is 2.15 bits per heavy atom. The van der Waals surface area contributed by atoms with Crippen molar-refractivity contribution in [1.82, 2.24) is 14.8 Å². The molecule has 3 rings (SSSR count). The Labute approximate surface area is 160 Å². The average molecular weight is 371 g/mol. The predicted octanol–water partition coefficient (Wildman–Crippen LogP) is 3.03. The zero-order valence-corrected chi connectivity index (χ0v) is 16.2. The van der Waals surface area contributed by atoms with Crippen LogP contribution in [0.25, 0.3) is 10.9 Å². The monoisotopic (exact) mass is 371 g/mol. The summed E-state index contributed by atoms with van der Waals surface area (Å²) in [6.45, 7) is 4.42. The van der Waals surface area contributed by atoms with Crippen LogP contribution in [0.15, 0.2) is 35.3 Å². The van der Waals surface area contributed by atoms with E-state index in [1.807, 2.05) is 42.1 Å². The van der Waals surface area contributed by atoms with Crippen LogP contribution < -0.4 is 10.7 Å². The fourth-order valence-electron chi connectivity index (χ4n) is 3.59. The van der Waals surface area contributed by atoms with Crippen molar-refractivity contribution in [1.29, 1.82) is 0 Å². The van der Waals surface area contributed by atoms with Crippen LogP contribution in [-0.2, 0) is 18.3 Å². The molecule has 0 spiro atoms. The summed E-state index contributed by atoms with van der Waals surface area (Å²) < 4.78 is 7.31. The second-order valence-electron chi connectivity index (χ2n) is 7.25. The van der Waals surface area contributed by atoms with E-state index >= 15 is 0 Å². The lowest BCUT2D eigenvalue weighted by Gasteiger charge is -2.32. The number of nitrogens with one attached hydrogen (secondary N) is 1. The number of para-hydroxylation sites is 1. The van der Waals surface area contributed by atoms with E-state index in [4.69, 9.17) is 4.74 Å². The molecular formula is C21H29N3O3. The molecule has 1 fully saturated rings. The first-order valence-corrected chi connectivity index (χ1v) is 9.82. The Balaban J connectivity index is 1.61. The van der Waals surface area contributed by atoms with E-state index in [-0.39, 0.29) is 17.6 Å². The molecule has 1 aliphatic rings. The first kappa shape index (κ1) is 19.4. The summed E-state index contributed by atoms with van der Waals surface area (Å²) >= 11 is 0. The quantitative estimate of drug-likeness (QED) is 0.793. The number of amides is 1. The molecule has 1 amide bonds. The molecule has 1 aromatic carbocycles. The van der Waals surface area contributed by atoms with Gasteiger partial charge in [-0.3, -0.25) is 4.79 Å². The second kappa shape index (κ2) is 9.04. The molecule has 6 nitrogen and oxygen atoms in total. The van der Waals surface area contributed by atoms with Crippen LogP contribution >= 0.6 is 0 Å². The number of benzene rings is 1. The highest BCUT2D eigenvalue weighted by atomic mass is 16.6. The largest absolute Gasteiger partial charge is 0.449 e. The molecule has 1 atom stereocenters. The Morgan fingerprint density at radius 3 is 2.96 bits per heavy atom. The van der Waals surface area contributed by atoms with Crippen LogP contribution in [0.4, 0.5) is 4.79 Å². The van der Waals surface area contributed by atoms with Gasteiger partial charge in [0.05, 0.1) is 12.1 Å². The lowest BCUT2D eigenvalue weighted by molar-refractivity contribution is 0.0876. The standard InChI is InChI=1S/C21H29N3O3/c1-3-4-12-27-21(26)24-11-7-8-17(15-24)22-13-16-14-23(2)19-10-6-5-9-18(19)20(16)25/h5-6,9-10,14,17,22H,3-4,7-8,11-13,15H2,1-2H3/t17-/m0/s1. The lowest BCUT2D eigenvalue weighted by atomic mass is 10.1. The van der Waals surface area contributed by atoms with Gasteiger partial charge in [0.25, 0.3) is 0 Å². The Bertz CT molecular complexity index is 846. The van der Waals surface area contributed by atoms with E-state index in [0.717, 1.165) is 48.7 Å². The van der Waals surface area contributed by atoms with Gasteiger partial charge < -0.3 is 19.5 Å². The number of hydrogen-bond acceptors (Lipinski definition) is 4. The second-order valence-corrected chi connectivity index (χ2v) is 7.25. The third kappa shape index (κ3) is 4.69. The molecule has 27 heavy (non-hydrogen) atoms. The molecule has 0 saturated carbocycles. The highest BCUT2D eigenvalue weighted by molar-refractivity contribution is 5.79. The van der Waals surface area contributed by atoms with Gasteiger partial charge in [0, 0.05) is 49.9 Å². The summed E-state index contributed by atoms with van der Waals surface area (Å²) in [5, 5.41) is 4.20. The van der Waals surface area contributed by atoms with E-state index in [1.54, 1.807) is 4.90 Å². The SMILES string of the molecule is CCCCOC(=O)N1CCC[C@H](NCc2cn(C)c3ccccc3c2=O)C1.